The largest absolute Gasteiger partial charge is 0.407 e. The summed E-state index contributed by atoms with van der Waals surface area (Å²) in [6.07, 6.45) is 5.15. The number of hydrogen-bond donors (Lipinski definition) is 0. The third-order valence-electron chi connectivity index (χ3n) is 6.87. The molecule has 0 N–H and O–H groups in total. The number of ether oxygens (including phenoxy) is 1. The van der Waals surface area contributed by atoms with Crippen LogP contribution in [0.25, 0.3) is 0 Å². The summed E-state index contributed by atoms with van der Waals surface area (Å²) in [6.45, 7) is 9.65. The van der Waals surface area contributed by atoms with Crippen LogP contribution in [-0.2, 0) is 13.6 Å². The SMILES string of the molecule is C=CCOCC(C)(C)O[Si](OCCCCCCN1C(=O)c2ccccc2C1=O)(c1ccccc1)c1ccccc1. The molecule has 0 saturated heterocycles. The molecule has 7 heteroatoms. The number of fused-ring (bicyclic) bond motifs is 1. The molecule has 1 heterocycles. The van der Waals surface area contributed by atoms with Crippen molar-refractivity contribution in [3.8, 4) is 0 Å². The van der Waals surface area contributed by atoms with E-state index < -0.39 is 14.2 Å². The summed E-state index contributed by atoms with van der Waals surface area (Å²) < 4.78 is 19.6. The van der Waals surface area contributed by atoms with Crippen LogP contribution in [0, 0.1) is 0 Å². The van der Waals surface area contributed by atoms with Gasteiger partial charge in [0.2, 0.25) is 0 Å². The van der Waals surface area contributed by atoms with Crippen molar-refractivity contribution in [1.29, 1.82) is 0 Å². The van der Waals surface area contributed by atoms with Gasteiger partial charge in [0.05, 0.1) is 29.9 Å². The average Bonchev–Trinajstić information content (AvgIpc) is 3.22. The van der Waals surface area contributed by atoms with Crippen LogP contribution < -0.4 is 10.4 Å². The van der Waals surface area contributed by atoms with Gasteiger partial charge in [-0.3, -0.25) is 14.5 Å². The molecule has 0 atom stereocenters. The van der Waals surface area contributed by atoms with E-state index in [4.69, 9.17) is 13.6 Å². The molecule has 0 unspecified atom stereocenters. The Kier molecular flexibility index (Phi) is 10.2. The molecule has 210 valence electrons. The van der Waals surface area contributed by atoms with Crippen LogP contribution in [0.15, 0.2) is 97.6 Å². The Hall–Kier alpha value is -3.36. The molecule has 0 fully saturated rings. The molecule has 40 heavy (non-hydrogen) atoms. The highest BCUT2D eigenvalue weighted by atomic mass is 28.4. The highest BCUT2D eigenvalue weighted by Crippen LogP contribution is 2.24. The zero-order valence-corrected chi connectivity index (χ0v) is 24.5. The van der Waals surface area contributed by atoms with Crippen LogP contribution in [0.1, 0.15) is 60.2 Å². The van der Waals surface area contributed by atoms with Crippen molar-refractivity contribution in [2.75, 3.05) is 26.4 Å². The molecule has 0 aliphatic carbocycles. The Labute approximate surface area is 238 Å². The fraction of sp³-hybridized carbons (Fsp3) is 0.333. The number of nitrogens with zero attached hydrogens (tertiary/aromatic N) is 1. The summed E-state index contributed by atoms with van der Waals surface area (Å²) in [6, 6.07) is 27.5. The molecule has 6 nitrogen and oxygen atoms in total. The molecule has 1 aliphatic heterocycles. The number of imide groups is 1. The molecule has 4 rings (SSSR count). The summed E-state index contributed by atoms with van der Waals surface area (Å²) in [7, 11) is -3.09. The maximum absolute atomic E-state index is 12.6. The van der Waals surface area contributed by atoms with Crippen molar-refractivity contribution < 1.29 is 23.2 Å². The molecule has 0 aromatic heterocycles. The number of amides is 2. The van der Waals surface area contributed by atoms with E-state index in [0.717, 1.165) is 36.1 Å². The van der Waals surface area contributed by atoms with Crippen LogP contribution >= 0.6 is 0 Å². The highest BCUT2D eigenvalue weighted by molar-refractivity contribution is 6.92. The first kappa shape index (κ1) is 29.6. The number of benzene rings is 3. The molecule has 0 saturated carbocycles. The van der Waals surface area contributed by atoms with E-state index >= 15 is 0 Å². The fourth-order valence-corrected chi connectivity index (χ4v) is 8.48. The molecule has 2 amide bonds. The zero-order valence-electron chi connectivity index (χ0n) is 23.5. The van der Waals surface area contributed by atoms with Crippen LogP contribution in [0.4, 0.5) is 0 Å². The lowest BCUT2D eigenvalue weighted by molar-refractivity contribution is -0.0148. The van der Waals surface area contributed by atoms with Crippen molar-refractivity contribution in [2.24, 2.45) is 0 Å². The van der Waals surface area contributed by atoms with Gasteiger partial charge in [-0.2, -0.15) is 0 Å². The van der Waals surface area contributed by atoms with Gasteiger partial charge in [-0.1, -0.05) is 91.7 Å². The molecule has 3 aromatic rings. The number of carbonyl (C=O) groups is 2. The van der Waals surface area contributed by atoms with E-state index in [-0.39, 0.29) is 11.8 Å². The Morgan fingerprint density at radius 1 is 0.775 bits per heavy atom. The second kappa shape index (κ2) is 13.8. The summed E-state index contributed by atoms with van der Waals surface area (Å²) >= 11 is 0. The van der Waals surface area contributed by atoms with Gasteiger partial charge in [0, 0.05) is 13.2 Å². The van der Waals surface area contributed by atoms with Crippen LogP contribution in [0.2, 0.25) is 0 Å². The third-order valence-corrected chi connectivity index (χ3v) is 10.5. The summed E-state index contributed by atoms with van der Waals surface area (Å²) in [5.41, 5.74) is 0.413. The number of carbonyl (C=O) groups excluding carboxylic acids is 2. The van der Waals surface area contributed by atoms with E-state index in [1.807, 2.05) is 50.2 Å². The summed E-state index contributed by atoms with van der Waals surface area (Å²) in [5.74, 6) is -0.385. The normalized spacial score (nSPS) is 13.5. The highest BCUT2D eigenvalue weighted by Gasteiger charge is 2.47. The minimum Gasteiger partial charge on any atom is -0.388 e. The van der Waals surface area contributed by atoms with Gasteiger partial charge < -0.3 is 13.6 Å². The Morgan fingerprint density at radius 2 is 1.30 bits per heavy atom. The Balaban J connectivity index is 1.39. The standard InChI is InChI=1S/C33H39NO5Si/c1-4-24-37-26-33(2,3)39-40(27-17-9-7-10-18-27,28-19-11-8-12-20-28)38-25-16-6-5-15-23-34-31(35)29-21-13-14-22-30(29)32(34)36/h4,7-14,17-22H,1,5-6,15-16,23-26H2,2-3H3. The van der Waals surface area contributed by atoms with Gasteiger partial charge in [-0.15, -0.1) is 6.58 Å². The lowest BCUT2D eigenvalue weighted by atomic mass is 10.1. The maximum Gasteiger partial charge on any atom is 0.407 e. The molecule has 1 aliphatic rings. The smallest absolute Gasteiger partial charge is 0.388 e. The molecule has 0 bridgehead atoms. The minimum absolute atomic E-state index is 0.192. The van der Waals surface area contributed by atoms with E-state index in [0.29, 0.717) is 37.5 Å². The van der Waals surface area contributed by atoms with Crippen molar-refractivity contribution in [3.05, 3.63) is 109 Å². The second-order valence-electron chi connectivity index (χ2n) is 10.6. The quantitative estimate of drug-likeness (QED) is 0.106. The van der Waals surface area contributed by atoms with Crippen molar-refractivity contribution in [3.63, 3.8) is 0 Å². The van der Waals surface area contributed by atoms with Gasteiger partial charge in [0.25, 0.3) is 11.8 Å². The molecule has 0 radical (unpaired) electrons. The lowest BCUT2D eigenvalue weighted by Crippen LogP contribution is -2.66. The summed E-state index contributed by atoms with van der Waals surface area (Å²) in [4.78, 5) is 26.6. The Morgan fingerprint density at radius 3 is 1.85 bits per heavy atom. The zero-order chi connectivity index (χ0) is 28.4. The summed E-state index contributed by atoms with van der Waals surface area (Å²) in [5, 5.41) is 2.09. The number of hydrogen-bond acceptors (Lipinski definition) is 5. The van der Waals surface area contributed by atoms with Crippen LogP contribution in [-0.4, -0.2) is 57.2 Å². The van der Waals surface area contributed by atoms with Crippen LogP contribution in [0.3, 0.4) is 0 Å². The number of rotatable bonds is 16. The Bertz CT molecular complexity index is 1200. The van der Waals surface area contributed by atoms with E-state index in [1.54, 1.807) is 30.3 Å². The average molecular weight is 558 g/mol. The minimum atomic E-state index is -3.09. The predicted octanol–water partition coefficient (Wildman–Crippen LogP) is 5.11. The van der Waals surface area contributed by atoms with Gasteiger partial charge >= 0.3 is 8.56 Å². The lowest BCUT2D eigenvalue weighted by Gasteiger charge is -2.39. The maximum atomic E-state index is 12.6. The van der Waals surface area contributed by atoms with Gasteiger partial charge in [0.1, 0.15) is 0 Å². The predicted molar refractivity (Wildman–Crippen MR) is 160 cm³/mol. The van der Waals surface area contributed by atoms with Crippen molar-refractivity contribution in [2.45, 2.75) is 45.1 Å². The number of unbranched alkanes of at least 4 members (excludes halogenated alkanes) is 3. The van der Waals surface area contributed by atoms with Crippen molar-refractivity contribution in [1.82, 2.24) is 4.90 Å². The fourth-order valence-electron chi connectivity index (χ4n) is 4.99. The monoisotopic (exact) mass is 557 g/mol. The first-order valence-corrected chi connectivity index (χ1v) is 15.8. The van der Waals surface area contributed by atoms with E-state index in [2.05, 4.69) is 30.8 Å². The van der Waals surface area contributed by atoms with E-state index in [1.165, 1.54) is 4.90 Å². The molecule has 3 aromatic carbocycles. The third kappa shape index (κ3) is 7.03. The first-order valence-electron chi connectivity index (χ1n) is 14.0. The second-order valence-corrected chi connectivity index (χ2v) is 13.5. The molecule has 0 spiro atoms. The topological polar surface area (TPSA) is 65.1 Å². The van der Waals surface area contributed by atoms with Crippen LogP contribution in [0.5, 0.6) is 0 Å². The van der Waals surface area contributed by atoms with Gasteiger partial charge in [-0.05, 0) is 49.2 Å². The first-order chi connectivity index (χ1) is 19.4. The van der Waals surface area contributed by atoms with Gasteiger partial charge in [-0.25, -0.2) is 0 Å². The molecular weight excluding hydrogens is 518 g/mol. The van der Waals surface area contributed by atoms with Gasteiger partial charge in [0.15, 0.2) is 0 Å². The molecular formula is C33H39NO5Si. The van der Waals surface area contributed by atoms with Crippen molar-refractivity contribution >= 4 is 30.7 Å². The van der Waals surface area contributed by atoms with E-state index in [9.17, 15) is 9.59 Å².